The maximum atomic E-state index is 11.1. The molecular formula is C13H19NO2S3. The SMILES string of the molecule is COC(=O)CCc1csc(C2CSC(C)C(C)S2)n1. The molecule has 0 aliphatic carbocycles. The molecule has 106 valence electrons. The fourth-order valence-electron chi connectivity index (χ4n) is 1.83. The fraction of sp³-hybridized carbons (Fsp3) is 0.692. The zero-order valence-electron chi connectivity index (χ0n) is 11.4. The van der Waals surface area contributed by atoms with Crippen molar-refractivity contribution in [2.24, 2.45) is 0 Å². The molecular weight excluding hydrogens is 298 g/mol. The third-order valence-electron chi connectivity index (χ3n) is 3.21. The van der Waals surface area contributed by atoms with Crippen LogP contribution in [-0.4, -0.2) is 34.3 Å². The van der Waals surface area contributed by atoms with E-state index in [1.807, 2.05) is 23.5 Å². The summed E-state index contributed by atoms with van der Waals surface area (Å²) < 4.78 is 4.65. The molecule has 0 bridgehead atoms. The van der Waals surface area contributed by atoms with Crippen LogP contribution in [0, 0.1) is 0 Å². The van der Waals surface area contributed by atoms with Crippen LogP contribution in [0.25, 0.3) is 0 Å². The van der Waals surface area contributed by atoms with Gasteiger partial charge in [0.05, 0.1) is 24.5 Å². The average Bonchev–Trinajstić information content (AvgIpc) is 2.88. The predicted octanol–water partition coefficient (Wildman–Crippen LogP) is 3.55. The van der Waals surface area contributed by atoms with Gasteiger partial charge in [0.15, 0.2) is 0 Å². The Morgan fingerprint density at radius 2 is 2.26 bits per heavy atom. The molecule has 6 heteroatoms. The molecule has 1 saturated heterocycles. The minimum atomic E-state index is -0.167. The van der Waals surface area contributed by atoms with Crippen LogP contribution < -0.4 is 0 Å². The summed E-state index contributed by atoms with van der Waals surface area (Å²) in [5, 5.41) is 5.18. The standard InChI is InChI=1S/C13H19NO2S3/c1-8-9(2)19-11(7-17-8)13-14-10(6-18-13)4-5-12(15)16-3/h6,8-9,11H,4-5,7H2,1-3H3. The lowest BCUT2D eigenvalue weighted by molar-refractivity contribution is -0.140. The molecule has 0 spiro atoms. The number of aryl methyl sites for hydroxylation is 1. The molecule has 19 heavy (non-hydrogen) atoms. The highest BCUT2D eigenvalue weighted by molar-refractivity contribution is 8.07. The summed E-state index contributed by atoms with van der Waals surface area (Å²) in [7, 11) is 1.42. The van der Waals surface area contributed by atoms with Crippen molar-refractivity contribution in [3.8, 4) is 0 Å². The second-order valence-electron chi connectivity index (χ2n) is 4.62. The van der Waals surface area contributed by atoms with Gasteiger partial charge in [-0.2, -0.15) is 11.8 Å². The number of ether oxygens (including phenoxy) is 1. The van der Waals surface area contributed by atoms with E-state index < -0.39 is 0 Å². The third-order valence-corrected chi connectivity index (χ3v) is 7.76. The molecule has 3 nitrogen and oxygen atoms in total. The van der Waals surface area contributed by atoms with Gasteiger partial charge in [-0.3, -0.25) is 4.79 Å². The van der Waals surface area contributed by atoms with Gasteiger partial charge >= 0.3 is 5.97 Å². The van der Waals surface area contributed by atoms with Crippen LogP contribution in [0.1, 0.15) is 36.2 Å². The number of hydrogen-bond acceptors (Lipinski definition) is 6. The van der Waals surface area contributed by atoms with E-state index in [-0.39, 0.29) is 5.97 Å². The van der Waals surface area contributed by atoms with Crippen molar-refractivity contribution in [3.63, 3.8) is 0 Å². The average molecular weight is 318 g/mol. The Morgan fingerprint density at radius 3 is 2.95 bits per heavy atom. The Morgan fingerprint density at radius 1 is 1.47 bits per heavy atom. The van der Waals surface area contributed by atoms with Gasteiger partial charge < -0.3 is 4.74 Å². The highest BCUT2D eigenvalue weighted by Crippen LogP contribution is 2.44. The molecule has 1 aromatic rings. The van der Waals surface area contributed by atoms with E-state index >= 15 is 0 Å². The van der Waals surface area contributed by atoms with E-state index in [9.17, 15) is 4.79 Å². The first-order valence-corrected chi connectivity index (χ1v) is 9.25. The summed E-state index contributed by atoms with van der Waals surface area (Å²) in [6.45, 7) is 4.59. The molecule has 1 aliphatic heterocycles. The number of hydrogen-bond donors (Lipinski definition) is 0. The van der Waals surface area contributed by atoms with Gasteiger partial charge in [0.2, 0.25) is 0 Å². The lowest BCUT2D eigenvalue weighted by Gasteiger charge is -2.30. The van der Waals surface area contributed by atoms with Crippen molar-refractivity contribution in [2.45, 2.75) is 42.4 Å². The van der Waals surface area contributed by atoms with Crippen molar-refractivity contribution in [3.05, 3.63) is 16.1 Å². The number of carbonyl (C=O) groups is 1. The first-order chi connectivity index (χ1) is 9.10. The lowest BCUT2D eigenvalue weighted by atomic mass is 10.2. The summed E-state index contributed by atoms with van der Waals surface area (Å²) in [5.41, 5.74) is 1.02. The quantitative estimate of drug-likeness (QED) is 0.794. The molecule has 2 rings (SSSR count). The van der Waals surface area contributed by atoms with E-state index in [0.29, 0.717) is 23.3 Å². The predicted molar refractivity (Wildman–Crippen MR) is 84.2 cm³/mol. The Kier molecular flexibility index (Phi) is 5.59. The van der Waals surface area contributed by atoms with Crippen molar-refractivity contribution in [1.82, 2.24) is 4.98 Å². The summed E-state index contributed by atoms with van der Waals surface area (Å²) >= 11 is 5.78. The summed E-state index contributed by atoms with van der Waals surface area (Å²) in [6, 6.07) is 0. The van der Waals surface area contributed by atoms with Crippen LogP contribution >= 0.6 is 34.9 Å². The highest BCUT2D eigenvalue weighted by atomic mass is 32.2. The molecule has 0 radical (unpaired) electrons. The van der Waals surface area contributed by atoms with E-state index in [4.69, 9.17) is 0 Å². The maximum absolute atomic E-state index is 11.1. The molecule has 3 unspecified atom stereocenters. The van der Waals surface area contributed by atoms with Gasteiger partial charge in [0, 0.05) is 28.1 Å². The smallest absolute Gasteiger partial charge is 0.305 e. The van der Waals surface area contributed by atoms with Gasteiger partial charge in [0.1, 0.15) is 5.01 Å². The third kappa shape index (κ3) is 4.13. The number of thiazole rings is 1. The van der Waals surface area contributed by atoms with E-state index in [0.717, 1.165) is 16.7 Å². The largest absolute Gasteiger partial charge is 0.469 e. The number of rotatable bonds is 4. The van der Waals surface area contributed by atoms with Crippen molar-refractivity contribution < 1.29 is 9.53 Å². The molecule has 1 aliphatic rings. The monoisotopic (exact) mass is 317 g/mol. The first-order valence-electron chi connectivity index (χ1n) is 6.38. The molecule has 1 fully saturated rings. The number of methoxy groups -OCH3 is 1. The zero-order valence-corrected chi connectivity index (χ0v) is 13.9. The number of carbonyl (C=O) groups excluding carboxylic acids is 1. The second kappa shape index (κ2) is 6.99. The van der Waals surface area contributed by atoms with Gasteiger partial charge in [0.25, 0.3) is 0 Å². The second-order valence-corrected chi connectivity index (χ2v) is 8.51. The number of esters is 1. The topological polar surface area (TPSA) is 39.2 Å². The first kappa shape index (κ1) is 15.2. The van der Waals surface area contributed by atoms with E-state index in [1.165, 1.54) is 12.1 Å². The summed E-state index contributed by atoms with van der Waals surface area (Å²) in [5.74, 6) is 0.972. The molecule has 0 saturated carbocycles. The van der Waals surface area contributed by atoms with Crippen LogP contribution in [0.3, 0.4) is 0 Å². The highest BCUT2D eigenvalue weighted by Gasteiger charge is 2.28. The van der Waals surface area contributed by atoms with Crippen molar-refractivity contribution in [1.29, 1.82) is 0 Å². The van der Waals surface area contributed by atoms with E-state index in [2.05, 4.69) is 28.9 Å². The minimum absolute atomic E-state index is 0.167. The molecule has 3 atom stereocenters. The Balaban J connectivity index is 1.91. The molecule has 0 amide bonds. The maximum Gasteiger partial charge on any atom is 0.305 e. The molecule has 1 aromatic heterocycles. The number of thioether (sulfide) groups is 2. The van der Waals surface area contributed by atoms with Crippen molar-refractivity contribution >= 4 is 40.8 Å². The van der Waals surface area contributed by atoms with Crippen LogP contribution in [0.2, 0.25) is 0 Å². The van der Waals surface area contributed by atoms with Crippen LogP contribution in [0.15, 0.2) is 5.38 Å². The number of aromatic nitrogens is 1. The lowest BCUT2D eigenvalue weighted by Crippen LogP contribution is -2.21. The Labute approximate surface area is 126 Å². The minimum Gasteiger partial charge on any atom is -0.469 e. The Hall–Kier alpha value is -0.200. The van der Waals surface area contributed by atoms with Gasteiger partial charge in [-0.25, -0.2) is 4.98 Å². The van der Waals surface area contributed by atoms with Gasteiger partial charge in [-0.1, -0.05) is 13.8 Å². The fourth-order valence-corrected chi connectivity index (χ4v) is 5.90. The molecule has 0 N–H and O–H groups in total. The van der Waals surface area contributed by atoms with Gasteiger partial charge in [-0.15, -0.1) is 23.1 Å². The van der Waals surface area contributed by atoms with Crippen LogP contribution in [0.5, 0.6) is 0 Å². The zero-order chi connectivity index (χ0) is 13.8. The normalized spacial score (nSPS) is 27.2. The summed E-state index contributed by atoms with van der Waals surface area (Å²) in [4.78, 5) is 15.8. The van der Waals surface area contributed by atoms with E-state index in [1.54, 1.807) is 11.3 Å². The van der Waals surface area contributed by atoms with Crippen LogP contribution in [-0.2, 0) is 16.0 Å². The Bertz CT molecular complexity index is 435. The summed E-state index contributed by atoms with van der Waals surface area (Å²) in [6.07, 6.45) is 1.10. The van der Waals surface area contributed by atoms with Gasteiger partial charge in [-0.05, 0) is 0 Å². The van der Waals surface area contributed by atoms with Crippen molar-refractivity contribution in [2.75, 3.05) is 12.9 Å². The molecule has 2 heterocycles. The molecule has 0 aromatic carbocycles. The van der Waals surface area contributed by atoms with Crippen LogP contribution in [0.4, 0.5) is 0 Å². The number of nitrogens with zero attached hydrogens (tertiary/aromatic N) is 1.